The number of hydrogen-bond donors (Lipinski definition) is 1. The Balaban J connectivity index is 1.16. The molecule has 2 unspecified atom stereocenters. The van der Waals surface area contributed by atoms with Crippen LogP contribution >= 0.6 is 11.3 Å². The summed E-state index contributed by atoms with van der Waals surface area (Å²) in [4.78, 5) is 0. The summed E-state index contributed by atoms with van der Waals surface area (Å²) in [5.74, 6) is 0.0324. The fourth-order valence-corrected chi connectivity index (χ4v) is 8.60. The molecule has 2 nitrogen and oxygen atoms in total. The Kier molecular flexibility index (Phi) is 6.74. The second-order valence-electron chi connectivity index (χ2n) is 12.3. The van der Waals surface area contributed by atoms with Crippen LogP contribution < -0.4 is 5.73 Å². The Morgan fingerprint density at radius 2 is 1.09 bits per heavy atom. The number of nitrogens with two attached hydrogens (primary N) is 1. The Morgan fingerprint density at radius 3 is 1.87 bits per heavy atom. The van der Waals surface area contributed by atoms with Crippen LogP contribution in [0.5, 0.6) is 0 Å². The van der Waals surface area contributed by atoms with E-state index in [0.29, 0.717) is 0 Å². The molecular weight excluding hydrogens is 589 g/mol. The second-order valence-corrected chi connectivity index (χ2v) is 13.3. The van der Waals surface area contributed by atoms with Gasteiger partial charge in [-0.1, -0.05) is 133 Å². The number of fused-ring (bicyclic) bond motifs is 6. The SMILES string of the molecule is NC(c1ccccc1)C(c1ccccc1)c1ccc(-n2c3ccccc3c3cc(-c4cccc5c4sc4ccccc45)ccc32)cc1. The lowest BCUT2D eigenvalue weighted by atomic mass is 9.82. The summed E-state index contributed by atoms with van der Waals surface area (Å²) in [6.45, 7) is 0. The van der Waals surface area contributed by atoms with E-state index in [4.69, 9.17) is 5.73 Å². The third kappa shape index (κ3) is 4.67. The lowest BCUT2D eigenvalue weighted by Crippen LogP contribution is -2.21. The third-order valence-electron chi connectivity index (χ3n) is 9.60. The summed E-state index contributed by atoms with van der Waals surface area (Å²) in [6, 6.07) is 61.1. The molecule has 0 bridgehead atoms. The number of rotatable bonds is 6. The van der Waals surface area contributed by atoms with Gasteiger partial charge in [-0.3, -0.25) is 0 Å². The third-order valence-corrected chi connectivity index (χ3v) is 10.8. The minimum absolute atomic E-state index is 0.0324. The highest BCUT2D eigenvalue weighted by molar-refractivity contribution is 7.26. The highest BCUT2D eigenvalue weighted by Gasteiger charge is 2.24. The molecule has 0 radical (unpaired) electrons. The first-order chi connectivity index (χ1) is 23.2. The molecule has 2 aromatic heterocycles. The van der Waals surface area contributed by atoms with Gasteiger partial charge in [0.1, 0.15) is 0 Å². The van der Waals surface area contributed by atoms with Crippen LogP contribution in [-0.2, 0) is 0 Å². The molecule has 7 aromatic carbocycles. The largest absolute Gasteiger partial charge is 0.323 e. The summed E-state index contributed by atoms with van der Waals surface area (Å²) < 4.78 is 5.07. The minimum atomic E-state index is -0.165. The topological polar surface area (TPSA) is 30.9 Å². The Hall–Kier alpha value is -5.48. The second kappa shape index (κ2) is 11.4. The van der Waals surface area contributed by atoms with E-state index in [2.05, 4.69) is 168 Å². The van der Waals surface area contributed by atoms with E-state index in [9.17, 15) is 0 Å². The number of hydrogen-bond acceptors (Lipinski definition) is 2. The minimum Gasteiger partial charge on any atom is -0.323 e. The molecule has 0 aliphatic carbocycles. The van der Waals surface area contributed by atoms with Crippen LogP contribution in [0.2, 0.25) is 0 Å². The van der Waals surface area contributed by atoms with E-state index >= 15 is 0 Å². The Labute approximate surface area is 278 Å². The molecule has 0 aliphatic heterocycles. The van der Waals surface area contributed by atoms with E-state index in [0.717, 1.165) is 11.3 Å². The molecule has 9 rings (SSSR count). The predicted octanol–water partition coefficient (Wildman–Crippen LogP) is 11.7. The van der Waals surface area contributed by atoms with Gasteiger partial charge in [0, 0.05) is 48.6 Å². The van der Waals surface area contributed by atoms with E-state index in [1.807, 2.05) is 17.4 Å². The van der Waals surface area contributed by atoms with E-state index in [1.165, 1.54) is 64.2 Å². The van der Waals surface area contributed by atoms with Gasteiger partial charge < -0.3 is 10.3 Å². The van der Waals surface area contributed by atoms with Crippen molar-refractivity contribution in [3.63, 3.8) is 0 Å². The van der Waals surface area contributed by atoms with Crippen molar-refractivity contribution >= 4 is 53.3 Å². The van der Waals surface area contributed by atoms with Crippen molar-refractivity contribution in [2.75, 3.05) is 0 Å². The molecule has 2 atom stereocenters. The molecule has 0 fully saturated rings. The molecule has 9 aromatic rings. The monoisotopic (exact) mass is 620 g/mol. The number of para-hydroxylation sites is 1. The maximum atomic E-state index is 7.00. The average Bonchev–Trinajstić information content (AvgIpc) is 3.68. The van der Waals surface area contributed by atoms with Gasteiger partial charge in [-0.15, -0.1) is 11.3 Å². The van der Waals surface area contributed by atoms with Crippen LogP contribution in [0.1, 0.15) is 28.7 Å². The van der Waals surface area contributed by atoms with Crippen molar-refractivity contribution < 1.29 is 0 Å². The molecule has 47 heavy (non-hydrogen) atoms. The van der Waals surface area contributed by atoms with Crippen molar-refractivity contribution in [3.8, 4) is 16.8 Å². The standard InChI is InChI=1S/C44H32N2S/c45-43(31-14-5-2-6-15-31)42(29-12-3-1-4-13-29)30-22-25-33(26-23-30)46-39-20-9-7-16-35(39)38-28-32(24-27-40(38)46)34-18-11-19-37-36-17-8-10-21-41(36)47-44(34)37/h1-28,42-43H,45H2. The quantitative estimate of drug-likeness (QED) is 0.197. The Morgan fingerprint density at radius 1 is 0.468 bits per heavy atom. The van der Waals surface area contributed by atoms with Crippen molar-refractivity contribution in [1.29, 1.82) is 0 Å². The smallest absolute Gasteiger partial charge is 0.0541 e. The molecule has 2 heterocycles. The number of aromatic nitrogens is 1. The van der Waals surface area contributed by atoms with Crippen LogP contribution in [0.4, 0.5) is 0 Å². The summed E-state index contributed by atoms with van der Waals surface area (Å²) >= 11 is 1.88. The van der Waals surface area contributed by atoms with Crippen LogP contribution in [0.25, 0.3) is 58.8 Å². The lowest BCUT2D eigenvalue weighted by Gasteiger charge is -2.26. The average molecular weight is 621 g/mol. The zero-order valence-corrected chi connectivity index (χ0v) is 26.6. The van der Waals surface area contributed by atoms with Gasteiger partial charge in [-0.2, -0.15) is 0 Å². The van der Waals surface area contributed by atoms with Gasteiger partial charge >= 0.3 is 0 Å². The molecular formula is C44H32N2S. The molecule has 3 heteroatoms. The van der Waals surface area contributed by atoms with Gasteiger partial charge in [0.05, 0.1) is 11.0 Å². The van der Waals surface area contributed by atoms with Crippen molar-refractivity contribution in [1.82, 2.24) is 4.57 Å². The van der Waals surface area contributed by atoms with Gasteiger partial charge in [0.15, 0.2) is 0 Å². The van der Waals surface area contributed by atoms with E-state index in [-0.39, 0.29) is 12.0 Å². The molecule has 0 spiro atoms. The molecule has 0 saturated heterocycles. The van der Waals surface area contributed by atoms with Crippen molar-refractivity contribution in [2.24, 2.45) is 5.73 Å². The van der Waals surface area contributed by atoms with Crippen molar-refractivity contribution in [3.05, 3.63) is 187 Å². The molecule has 2 N–H and O–H groups in total. The lowest BCUT2D eigenvalue weighted by molar-refractivity contribution is 0.629. The first kappa shape index (κ1) is 27.8. The summed E-state index contributed by atoms with van der Waals surface area (Å²) in [5, 5.41) is 5.17. The van der Waals surface area contributed by atoms with Crippen LogP contribution in [0.15, 0.2) is 170 Å². The zero-order chi connectivity index (χ0) is 31.3. The van der Waals surface area contributed by atoms with E-state index < -0.39 is 0 Å². The number of nitrogens with zero attached hydrogens (tertiary/aromatic N) is 1. The molecule has 224 valence electrons. The van der Waals surface area contributed by atoms with Crippen LogP contribution in [0, 0.1) is 0 Å². The molecule has 0 amide bonds. The first-order valence-electron chi connectivity index (χ1n) is 16.1. The van der Waals surface area contributed by atoms with Crippen LogP contribution in [0.3, 0.4) is 0 Å². The fraction of sp³-hybridized carbons (Fsp3) is 0.0455. The van der Waals surface area contributed by atoms with Crippen LogP contribution in [-0.4, -0.2) is 4.57 Å². The number of thiophene rings is 1. The maximum Gasteiger partial charge on any atom is 0.0541 e. The predicted molar refractivity (Wildman–Crippen MR) is 201 cm³/mol. The molecule has 0 saturated carbocycles. The zero-order valence-electron chi connectivity index (χ0n) is 25.8. The van der Waals surface area contributed by atoms with Crippen molar-refractivity contribution in [2.45, 2.75) is 12.0 Å². The fourth-order valence-electron chi connectivity index (χ4n) is 7.36. The van der Waals surface area contributed by atoms with E-state index in [1.54, 1.807) is 0 Å². The highest BCUT2D eigenvalue weighted by atomic mass is 32.1. The first-order valence-corrected chi connectivity index (χ1v) is 17.0. The highest BCUT2D eigenvalue weighted by Crippen LogP contribution is 2.42. The van der Waals surface area contributed by atoms with Gasteiger partial charge in [-0.05, 0) is 64.2 Å². The summed E-state index contributed by atoms with van der Waals surface area (Å²) in [6.07, 6.45) is 0. The number of benzene rings is 7. The Bertz CT molecular complexity index is 2530. The normalized spacial score (nSPS) is 13.0. The summed E-state index contributed by atoms with van der Waals surface area (Å²) in [7, 11) is 0. The van der Waals surface area contributed by atoms with Gasteiger partial charge in [0.25, 0.3) is 0 Å². The summed E-state index contributed by atoms with van der Waals surface area (Å²) in [5.41, 5.74) is 16.6. The van der Waals surface area contributed by atoms with Gasteiger partial charge in [-0.25, -0.2) is 0 Å². The maximum absolute atomic E-state index is 7.00. The molecule has 0 aliphatic rings. The van der Waals surface area contributed by atoms with Gasteiger partial charge in [0.2, 0.25) is 0 Å².